The predicted molar refractivity (Wildman–Crippen MR) is 70.9 cm³/mol. The quantitative estimate of drug-likeness (QED) is 0.505. The largest absolute Gasteiger partial charge is 0.229 e. The Hall–Kier alpha value is 0.680. The van der Waals surface area contributed by atoms with Crippen LogP contribution >= 0.6 is 22.6 Å². The van der Waals surface area contributed by atoms with Crippen LogP contribution in [0.1, 0.15) is 46.0 Å². The van der Waals surface area contributed by atoms with E-state index >= 15 is 0 Å². The molecule has 2 nitrogen and oxygen atoms in total. The molecule has 0 saturated carbocycles. The lowest BCUT2D eigenvalue weighted by molar-refractivity contribution is 0.588. The highest BCUT2D eigenvalue weighted by atomic mass is 127. The molecule has 1 atom stereocenters. The third-order valence-corrected chi connectivity index (χ3v) is 5.60. The molecule has 0 bridgehead atoms. The molecule has 0 aliphatic carbocycles. The average molecular weight is 332 g/mol. The van der Waals surface area contributed by atoms with Crippen molar-refractivity contribution in [1.29, 1.82) is 0 Å². The Labute approximate surface area is 102 Å². The standard InChI is InChI=1S/C10H21IO2S/c1-3-5-7-10(11)9-14(12,13)8-6-4-2/h10H,3-9H2,1-2H3. The van der Waals surface area contributed by atoms with Gasteiger partial charge in [-0.15, -0.1) is 0 Å². The number of rotatable bonds is 8. The monoisotopic (exact) mass is 332 g/mol. The smallest absolute Gasteiger partial charge is 0.151 e. The van der Waals surface area contributed by atoms with Crippen molar-refractivity contribution in [3.63, 3.8) is 0 Å². The summed E-state index contributed by atoms with van der Waals surface area (Å²) in [5.41, 5.74) is 0. The van der Waals surface area contributed by atoms with Crippen LogP contribution in [0.2, 0.25) is 0 Å². The molecule has 0 spiro atoms. The zero-order valence-corrected chi connectivity index (χ0v) is 12.1. The predicted octanol–water partition coefficient (Wildman–Crippen LogP) is 3.20. The fourth-order valence-electron chi connectivity index (χ4n) is 1.23. The highest BCUT2D eigenvalue weighted by Crippen LogP contribution is 2.14. The molecule has 0 rings (SSSR count). The molecule has 0 N–H and O–H groups in total. The number of alkyl halides is 1. The summed E-state index contributed by atoms with van der Waals surface area (Å²) in [6.45, 7) is 4.16. The van der Waals surface area contributed by atoms with Crippen molar-refractivity contribution in [3.05, 3.63) is 0 Å². The van der Waals surface area contributed by atoms with E-state index in [-0.39, 0.29) is 0 Å². The van der Waals surface area contributed by atoms with E-state index < -0.39 is 9.84 Å². The minimum absolute atomic E-state index is 0.300. The van der Waals surface area contributed by atoms with Crippen molar-refractivity contribution in [2.75, 3.05) is 11.5 Å². The Morgan fingerprint density at radius 3 is 2.21 bits per heavy atom. The highest BCUT2D eigenvalue weighted by molar-refractivity contribution is 14.1. The van der Waals surface area contributed by atoms with Gasteiger partial charge < -0.3 is 0 Å². The zero-order chi connectivity index (χ0) is 11.0. The van der Waals surface area contributed by atoms with Crippen molar-refractivity contribution in [1.82, 2.24) is 0 Å². The van der Waals surface area contributed by atoms with Crippen LogP contribution in [0, 0.1) is 0 Å². The van der Waals surface area contributed by atoms with Gasteiger partial charge in [0.15, 0.2) is 9.84 Å². The van der Waals surface area contributed by atoms with Crippen molar-refractivity contribution in [2.45, 2.75) is 49.9 Å². The molecular weight excluding hydrogens is 311 g/mol. The van der Waals surface area contributed by atoms with Gasteiger partial charge >= 0.3 is 0 Å². The van der Waals surface area contributed by atoms with Gasteiger partial charge in [0.2, 0.25) is 0 Å². The molecule has 0 saturated heterocycles. The maximum atomic E-state index is 11.6. The van der Waals surface area contributed by atoms with Gasteiger partial charge in [-0.3, -0.25) is 0 Å². The van der Waals surface area contributed by atoms with Gasteiger partial charge in [-0.2, -0.15) is 0 Å². The lowest BCUT2D eigenvalue weighted by Crippen LogP contribution is -2.18. The Morgan fingerprint density at radius 1 is 1.14 bits per heavy atom. The molecule has 0 aromatic rings. The van der Waals surface area contributed by atoms with Crippen molar-refractivity contribution < 1.29 is 8.42 Å². The average Bonchev–Trinajstić information content (AvgIpc) is 2.11. The third kappa shape index (κ3) is 8.03. The second kappa shape index (κ2) is 7.91. The Balaban J connectivity index is 3.83. The summed E-state index contributed by atoms with van der Waals surface area (Å²) in [4.78, 5) is 0. The fourth-order valence-corrected chi connectivity index (χ4v) is 4.93. The minimum atomic E-state index is -2.78. The molecule has 4 heteroatoms. The summed E-state index contributed by atoms with van der Waals surface area (Å²) in [6, 6.07) is 0. The molecule has 1 unspecified atom stereocenters. The first-order valence-electron chi connectivity index (χ1n) is 5.36. The van der Waals surface area contributed by atoms with E-state index in [0.717, 1.165) is 32.1 Å². The van der Waals surface area contributed by atoms with Crippen LogP contribution in [0.3, 0.4) is 0 Å². The van der Waals surface area contributed by atoms with Gasteiger partial charge in [-0.25, -0.2) is 8.42 Å². The summed E-state index contributed by atoms with van der Waals surface area (Å²) in [5.74, 6) is 0.739. The molecule has 0 aromatic carbocycles. The molecule has 0 fully saturated rings. The minimum Gasteiger partial charge on any atom is -0.229 e. The maximum Gasteiger partial charge on any atom is 0.151 e. The Kier molecular flexibility index (Phi) is 8.29. The van der Waals surface area contributed by atoms with Gasteiger partial charge in [-0.1, -0.05) is 55.7 Å². The van der Waals surface area contributed by atoms with Crippen molar-refractivity contribution in [3.8, 4) is 0 Å². The Morgan fingerprint density at radius 2 is 1.71 bits per heavy atom. The van der Waals surface area contributed by atoms with Gasteiger partial charge in [0.25, 0.3) is 0 Å². The number of unbranched alkanes of at least 4 members (excludes halogenated alkanes) is 2. The van der Waals surface area contributed by atoms with E-state index in [2.05, 4.69) is 29.5 Å². The molecule has 0 aliphatic heterocycles. The number of hydrogen-bond acceptors (Lipinski definition) is 2. The maximum absolute atomic E-state index is 11.6. The number of hydrogen-bond donors (Lipinski definition) is 0. The molecule has 14 heavy (non-hydrogen) atoms. The molecule has 0 aliphatic rings. The first kappa shape index (κ1) is 14.7. The first-order valence-corrected chi connectivity index (χ1v) is 8.43. The lowest BCUT2D eigenvalue weighted by Gasteiger charge is -2.09. The summed E-state index contributed by atoms with van der Waals surface area (Å²) in [5, 5.41) is 0. The Bertz CT molecular complexity index is 224. The van der Waals surface area contributed by atoms with E-state index in [1.807, 2.05) is 6.92 Å². The zero-order valence-electron chi connectivity index (χ0n) is 9.13. The van der Waals surface area contributed by atoms with Crippen LogP contribution in [0.25, 0.3) is 0 Å². The summed E-state index contributed by atoms with van der Waals surface area (Å²) in [6.07, 6.45) is 5.08. The van der Waals surface area contributed by atoms with Gasteiger partial charge in [-0.05, 0) is 12.8 Å². The lowest BCUT2D eigenvalue weighted by atomic mass is 10.2. The van der Waals surface area contributed by atoms with E-state index in [1.165, 1.54) is 0 Å². The van der Waals surface area contributed by atoms with Crippen LogP contribution in [0.5, 0.6) is 0 Å². The highest BCUT2D eigenvalue weighted by Gasteiger charge is 2.15. The third-order valence-electron chi connectivity index (χ3n) is 2.11. The van der Waals surface area contributed by atoms with E-state index in [4.69, 9.17) is 0 Å². The topological polar surface area (TPSA) is 34.1 Å². The van der Waals surface area contributed by atoms with Crippen LogP contribution < -0.4 is 0 Å². The van der Waals surface area contributed by atoms with Gasteiger partial charge in [0, 0.05) is 3.92 Å². The molecular formula is C10H21IO2S. The van der Waals surface area contributed by atoms with E-state index in [1.54, 1.807) is 0 Å². The summed E-state index contributed by atoms with van der Waals surface area (Å²) in [7, 11) is -2.78. The number of halogens is 1. The van der Waals surface area contributed by atoms with Crippen LogP contribution in [-0.2, 0) is 9.84 Å². The van der Waals surface area contributed by atoms with Gasteiger partial charge in [0.1, 0.15) is 0 Å². The molecule has 0 amide bonds. The normalized spacial score (nSPS) is 14.2. The first-order chi connectivity index (χ1) is 6.52. The molecule has 0 radical (unpaired) electrons. The van der Waals surface area contributed by atoms with Crippen LogP contribution in [-0.4, -0.2) is 23.8 Å². The number of sulfone groups is 1. The van der Waals surface area contributed by atoms with E-state index in [0.29, 0.717) is 15.4 Å². The summed E-state index contributed by atoms with van der Waals surface area (Å²) >= 11 is 2.26. The van der Waals surface area contributed by atoms with Crippen molar-refractivity contribution >= 4 is 32.4 Å². The molecule has 0 aromatic heterocycles. The van der Waals surface area contributed by atoms with Gasteiger partial charge in [0.05, 0.1) is 11.5 Å². The van der Waals surface area contributed by atoms with E-state index in [9.17, 15) is 8.42 Å². The SMILES string of the molecule is CCCCC(I)CS(=O)(=O)CCCC. The second-order valence-electron chi connectivity index (χ2n) is 3.71. The fraction of sp³-hybridized carbons (Fsp3) is 1.00. The summed E-state index contributed by atoms with van der Waals surface area (Å²) < 4.78 is 23.4. The van der Waals surface area contributed by atoms with Crippen molar-refractivity contribution in [2.24, 2.45) is 0 Å². The van der Waals surface area contributed by atoms with Crippen LogP contribution in [0.15, 0.2) is 0 Å². The molecule has 0 heterocycles. The van der Waals surface area contributed by atoms with Crippen LogP contribution in [0.4, 0.5) is 0 Å². The molecule has 86 valence electrons. The second-order valence-corrected chi connectivity index (χ2v) is 7.70.